The van der Waals surface area contributed by atoms with Crippen LogP contribution in [-0.2, 0) is 4.79 Å². The summed E-state index contributed by atoms with van der Waals surface area (Å²) in [4.78, 5) is 12.0. The van der Waals surface area contributed by atoms with Crippen molar-refractivity contribution in [2.45, 2.75) is 24.2 Å². The van der Waals surface area contributed by atoms with Gasteiger partial charge < -0.3 is 10.6 Å². The highest BCUT2D eigenvalue weighted by molar-refractivity contribution is 8.01. The lowest BCUT2D eigenvalue weighted by atomic mass is 10.3. The Hall–Kier alpha value is -1.02. The number of para-hydroxylation sites is 1. The Morgan fingerprint density at radius 2 is 2.00 bits per heavy atom. The molecular formula is C13H14Cl2N4OS2. The quantitative estimate of drug-likeness (QED) is 0.731. The van der Waals surface area contributed by atoms with Crippen molar-refractivity contribution in [3.63, 3.8) is 0 Å². The van der Waals surface area contributed by atoms with Crippen molar-refractivity contribution in [3.8, 4) is 0 Å². The zero-order valence-electron chi connectivity index (χ0n) is 11.9. The third-order valence-electron chi connectivity index (χ3n) is 2.37. The number of hydrogen-bond donors (Lipinski definition) is 2. The van der Waals surface area contributed by atoms with Gasteiger partial charge in [0.15, 0.2) is 4.34 Å². The summed E-state index contributed by atoms with van der Waals surface area (Å²) >= 11 is 14.7. The molecule has 9 heteroatoms. The zero-order valence-corrected chi connectivity index (χ0v) is 15.0. The number of carbonyl (C=O) groups excluding carboxylic acids is 1. The van der Waals surface area contributed by atoms with Gasteiger partial charge in [0, 0.05) is 6.04 Å². The van der Waals surface area contributed by atoms with Crippen LogP contribution in [0.25, 0.3) is 0 Å². The van der Waals surface area contributed by atoms with Crippen LogP contribution in [0, 0.1) is 0 Å². The zero-order chi connectivity index (χ0) is 16.1. The molecule has 0 saturated heterocycles. The van der Waals surface area contributed by atoms with Crippen molar-refractivity contribution in [1.29, 1.82) is 0 Å². The molecule has 0 unspecified atom stereocenters. The number of halogens is 2. The van der Waals surface area contributed by atoms with Crippen LogP contribution >= 0.6 is 46.3 Å². The average Bonchev–Trinajstić information content (AvgIpc) is 2.87. The van der Waals surface area contributed by atoms with Gasteiger partial charge in [-0.25, -0.2) is 0 Å². The number of rotatable bonds is 6. The highest BCUT2D eigenvalue weighted by atomic mass is 35.5. The summed E-state index contributed by atoms with van der Waals surface area (Å²) in [7, 11) is 0. The summed E-state index contributed by atoms with van der Waals surface area (Å²) < 4.78 is 0.726. The predicted molar refractivity (Wildman–Crippen MR) is 94.5 cm³/mol. The molecule has 22 heavy (non-hydrogen) atoms. The highest BCUT2D eigenvalue weighted by Gasteiger charge is 2.12. The van der Waals surface area contributed by atoms with Crippen LogP contribution in [0.1, 0.15) is 13.8 Å². The minimum Gasteiger partial charge on any atom is -0.358 e. The van der Waals surface area contributed by atoms with Gasteiger partial charge in [0.25, 0.3) is 0 Å². The summed E-state index contributed by atoms with van der Waals surface area (Å²) in [5.41, 5.74) is 0.427. The molecule has 1 aromatic carbocycles. The van der Waals surface area contributed by atoms with E-state index >= 15 is 0 Å². The number of nitrogens with one attached hydrogen (secondary N) is 2. The highest BCUT2D eigenvalue weighted by Crippen LogP contribution is 2.30. The molecule has 0 saturated carbocycles. The van der Waals surface area contributed by atoms with Crippen molar-refractivity contribution in [2.75, 3.05) is 16.4 Å². The molecule has 2 aromatic rings. The van der Waals surface area contributed by atoms with Gasteiger partial charge in [0.05, 0.1) is 21.5 Å². The van der Waals surface area contributed by atoms with Gasteiger partial charge in [0.1, 0.15) is 0 Å². The Balaban J connectivity index is 1.89. The molecule has 2 rings (SSSR count). The third-order valence-corrected chi connectivity index (χ3v) is 4.99. The van der Waals surface area contributed by atoms with Gasteiger partial charge in [-0.1, -0.05) is 52.4 Å². The number of thioether (sulfide) groups is 1. The van der Waals surface area contributed by atoms with E-state index in [2.05, 4.69) is 20.8 Å². The third kappa shape index (κ3) is 5.01. The van der Waals surface area contributed by atoms with E-state index in [0.717, 1.165) is 9.47 Å². The van der Waals surface area contributed by atoms with E-state index in [1.807, 2.05) is 13.8 Å². The topological polar surface area (TPSA) is 66.9 Å². The number of aromatic nitrogens is 2. The molecule has 2 N–H and O–H groups in total. The smallest absolute Gasteiger partial charge is 0.234 e. The van der Waals surface area contributed by atoms with E-state index in [0.29, 0.717) is 15.7 Å². The van der Waals surface area contributed by atoms with Crippen LogP contribution in [0.3, 0.4) is 0 Å². The summed E-state index contributed by atoms with van der Waals surface area (Å²) in [5.74, 6) is 0.00581. The molecule has 0 spiro atoms. The monoisotopic (exact) mass is 376 g/mol. The lowest BCUT2D eigenvalue weighted by Gasteiger charge is -2.08. The number of anilines is 2. The second kappa shape index (κ2) is 8.01. The van der Waals surface area contributed by atoms with Crippen molar-refractivity contribution in [1.82, 2.24) is 10.2 Å². The van der Waals surface area contributed by atoms with E-state index in [1.165, 1.54) is 23.1 Å². The first kappa shape index (κ1) is 17.3. The number of amides is 1. The lowest BCUT2D eigenvalue weighted by Crippen LogP contribution is -2.14. The van der Waals surface area contributed by atoms with Gasteiger partial charge in [-0.15, -0.1) is 10.2 Å². The second-order valence-corrected chi connectivity index (χ2v) is 7.62. The fraction of sp³-hybridized carbons (Fsp3) is 0.308. The van der Waals surface area contributed by atoms with Gasteiger partial charge in [0.2, 0.25) is 11.0 Å². The fourth-order valence-electron chi connectivity index (χ4n) is 1.49. The van der Waals surface area contributed by atoms with Gasteiger partial charge in [-0.2, -0.15) is 0 Å². The average molecular weight is 377 g/mol. The van der Waals surface area contributed by atoms with Crippen molar-refractivity contribution in [3.05, 3.63) is 28.2 Å². The van der Waals surface area contributed by atoms with E-state index in [-0.39, 0.29) is 17.7 Å². The van der Waals surface area contributed by atoms with E-state index in [4.69, 9.17) is 23.2 Å². The molecule has 0 atom stereocenters. The maximum absolute atomic E-state index is 12.0. The van der Waals surface area contributed by atoms with Crippen molar-refractivity contribution in [2.24, 2.45) is 0 Å². The summed E-state index contributed by atoms with van der Waals surface area (Å²) in [6.45, 7) is 4.05. The van der Waals surface area contributed by atoms with Crippen molar-refractivity contribution < 1.29 is 4.79 Å². The Morgan fingerprint density at radius 3 is 2.64 bits per heavy atom. The first-order valence-electron chi connectivity index (χ1n) is 6.42. The molecule has 0 fully saturated rings. The maximum Gasteiger partial charge on any atom is 0.234 e. The van der Waals surface area contributed by atoms with Gasteiger partial charge in [-0.3, -0.25) is 4.79 Å². The normalized spacial score (nSPS) is 10.8. The summed E-state index contributed by atoms with van der Waals surface area (Å²) in [6, 6.07) is 5.35. The first-order chi connectivity index (χ1) is 10.5. The van der Waals surface area contributed by atoms with Crippen LogP contribution < -0.4 is 10.6 Å². The molecule has 1 aromatic heterocycles. The van der Waals surface area contributed by atoms with Crippen LogP contribution in [0.2, 0.25) is 10.0 Å². The maximum atomic E-state index is 12.0. The molecule has 1 heterocycles. The number of nitrogens with zero attached hydrogens (tertiary/aromatic N) is 2. The molecular weight excluding hydrogens is 363 g/mol. The molecule has 1 amide bonds. The fourth-order valence-corrected chi connectivity index (χ4v) is 3.68. The standard InChI is InChI=1S/C13H14Cl2N4OS2/c1-7(2)16-12-18-19-13(22-12)21-6-10(20)17-11-8(14)4-3-5-9(11)15/h3-5,7H,6H2,1-2H3,(H,16,18)(H,17,20). The minimum absolute atomic E-state index is 0.200. The molecule has 0 bridgehead atoms. The SMILES string of the molecule is CC(C)Nc1nnc(SCC(=O)Nc2c(Cl)cccc2Cl)s1. The summed E-state index contributed by atoms with van der Waals surface area (Å²) in [5, 5.41) is 15.5. The first-order valence-corrected chi connectivity index (χ1v) is 8.98. The number of benzene rings is 1. The second-order valence-electron chi connectivity index (χ2n) is 4.61. The van der Waals surface area contributed by atoms with Gasteiger partial charge in [-0.05, 0) is 26.0 Å². The van der Waals surface area contributed by atoms with E-state index in [9.17, 15) is 4.79 Å². The number of hydrogen-bond acceptors (Lipinski definition) is 6. The Morgan fingerprint density at radius 1 is 1.32 bits per heavy atom. The largest absolute Gasteiger partial charge is 0.358 e. The molecule has 0 radical (unpaired) electrons. The lowest BCUT2D eigenvalue weighted by molar-refractivity contribution is -0.113. The van der Waals surface area contributed by atoms with Gasteiger partial charge >= 0.3 is 0 Å². The molecule has 0 aliphatic carbocycles. The Bertz CT molecular complexity index is 643. The van der Waals surface area contributed by atoms with Crippen LogP contribution in [-0.4, -0.2) is 27.9 Å². The Kier molecular flexibility index (Phi) is 6.31. The predicted octanol–water partition coefficient (Wildman–Crippen LogP) is 4.40. The molecule has 118 valence electrons. The number of carbonyl (C=O) groups is 1. The Labute approximate surface area is 146 Å². The van der Waals surface area contributed by atoms with Crippen LogP contribution in [0.4, 0.5) is 10.8 Å². The minimum atomic E-state index is -0.200. The van der Waals surface area contributed by atoms with E-state index < -0.39 is 0 Å². The van der Waals surface area contributed by atoms with E-state index in [1.54, 1.807) is 18.2 Å². The molecule has 0 aliphatic heterocycles. The van der Waals surface area contributed by atoms with Crippen molar-refractivity contribution >= 4 is 63.0 Å². The summed E-state index contributed by atoms with van der Waals surface area (Å²) in [6.07, 6.45) is 0. The van der Waals surface area contributed by atoms with Crippen LogP contribution in [0.15, 0.2) is 22.5 Å². The van der Waals surface area contributed by atoms with Crippen LogP contribution in [0.5, 0.6) is 0 Å². The molecule has 5 nitrogen and oxygen atoms in total. The molecule has 0 aliphatic rings.